The maximum Gasteiger partial charge on any atom is 0.191 e. The zero-order chi connectivity index (χ0) is 11.3. The Kier molecular flexibility index (Phi) is 5.16. The van der Waals surface area contributed by atoms with Crippen LogP contribution >= 0.6 is 0 Å². The molecule has 2 nitrogen and oxygen atoms in total. The summed E-state index contributed by atoms with van der Waals surface area (Å²) in [6.07, 6.45) is 0. The van der Waals surface area contributed by atoms with Crippen LogP contribution in [-0.2, 0) is 8.23 Å². The van der Waals surface area contributed by atoms with Gasteiger partial charge in [0.1, 0.15) is 10.5 Å². The van der Waals surface area contributed by atoms with Gasteiger partial charge < -0.3 is 8.23 Å². The van der Waals surface area contributed by atoms with Gasteiger partial charge >= 0.3 is 0 Å². The minimum atomic E-state index is -1.36. The van der Waals surface area contributed by atoms with Gasteiger partial charge in [-0.1, -0.05) is 30.3 Å². The number of rotatable bonds is 5. The average Bonchev–Trinajstić information content (AvgIpc) is 2.27. The van der Waals surface area contributed by atoms with E-state index in [9.17, 15) is 0 Å². The van der Waals surface area contributed by atoms with E-state index >= 15 is 0 Å². The van der Waals surface area contributed by atoms with Gasteiger partial charge in [0.2, 0.25) is 0 Å². The Morgan fingerprint density at radius 1 is 1.27 bits per heavy atom. The summed E-state index contributed by atoms with van der Waals surface area (Å²) in [5.41, 5.74) is 0. The summed E-state index contributed by atoms with van der Waals surface area (Å²) < 4.78 is 11.8. The first-order chi connectivity index (χ1) is 7.05. The normalized spacial score (nSPS) is 14.9. The molecule has 15 heavy (non-hydrogen) atoms. The molecule has 0 fully saturated rings. The number of hydrogen-bond acceptors (Lipinski definition) is 2. The molecule has 0 aliphatic heterocycles. The number of hydrogen-bond donors (Lipinski definition) is 0. The maximum absolute atomic E-state index is 6.12. The summed E-state index contributed by atoms with van der Waals surface area (Å²) in [4.78, 5) is 0. The lowest BCUT2D eigenvalue weighted by molar-refractivity contribution is 0.598. The molecule has 84 valence electrons. The Balaban J connectivity index is 2.47. The number of benzene rings is 1. The molecule has 1 aromatic rings. The predicted molar refractivity (Wildman–Crippen MR) is 77.2 cm³/mol. The van der Waals surface area contributed by atoms with Gasteiger partial charge in [0.05, 0.1) is 0 Å². The SMILES string of the molecule is C[SiH](O[SiH2][Si](C)(C)O[SiH3])c1ccccc1. The van der Waals surface area contributed by atoms with Crippen LogP contribution in [0.3, 0.4) is 0 Å². The van der Waals surface area contributed by atoms with Gasteiger partial charge in [-0.25, -0.2) is 0 Å². The molecule has 0 saturated heterocycles. The summed E-state index contributed by atoms with van der Waals surface area (Å²) in [5, 5.41) is 1.41. The minimum absolute atomic E-state index is 0.439. The first kappa shape index (κ1) is 13.1. The van der Waals surface area contributed by atoms with Crippen molar-refractivity contribution in [1.29, 1.82) is 0 Å². The van der Waals surface area contributed by atoms with Gasteiger partial charge in [-0.2, -0.15) is 0 Å². The molecule has 0 aliphatic carbocycles. The van der Waals surface area contributed by atoms with Crippen molar-refractivity contribution in [2.45, 2.75) is 19.6 Å². The van der Waals surface area contributed by atoms with Crippen molar-refractivity contribution in [3.05, 3.63) is 30.3 Å². The van der Waals surface area contributed by atoms with Crippen LogP contribution in [0.4, 0.5) is 0 Å². The van der Waals surface area contributed by atoms with Crippen molar-refractivity contribution >= 4 is 41.8 Å². The third-order valence-electron chi connectivity index (χ3n) is 2.50. The van der Waals surface area contributed by atoms with E-state index in [1.807, 2.05) is 0 Å². The predicted octanol–water partition coefficient (Wildman–Crippen LogP) is -0.654. The van der Waals surface area contributed by atoms with Crippen LogP contribution in [0.5, 0.6) is 0 Å². The second-order valence-electron chi connectivity index (χ2n) is 4.33. The Labute approximate surface area is 100 Å². The first-order valence-corrected chi connectivity index (χ1v) is 14.1. The zero-order valence-corrected chi connectivity index (χ0v) is 15.6. The van der Waals surface area contributed by atoms with Gasteiger partial charge in [-0.3, -0.25) is 0 Å². The molecular formula is C9H20O2Si4. The van der Waals surface area contributed by atoms with Gasteiger partial charge in [0.15, 0.2) is 26.2 Å². The topological polar surface area (TPSA) is 18.5 Å². The Morgan fingerprint density at radius 3 is 2.40 bits per heavy atom. The van der Waals surface area contributed by atoms with Gasteiger partial charge in [0.25, 0.3) is 0 Å². The van der Waals surface area contributed by atoms with E-state index in [1.165, 1.54) is 5.19 Å². The van der Waals surface area contributed by atoms with Crippen LogP contribution < -0.4 is 5.19 Å². The van der Waals surface area contributed by atoms with E-state index in [2.05, 4.69) is 50.0 Å². The van der Waals surface area contributed by atoms with Crippen LogP contribution in [0, 0.1) is 0 Å². The van der Waals surface area contributed by atoms with Crippen molar-refractivity contribution in [3.63, 3.8) is 0 Å². The van der Waals surface area contributed by atoms with Crippen LogP contribution in [0.1, 0.15) is 0 Å². The van der Waals surface area contributed by atoms with Crippen molar-refractivity contribution in [1.82, 2.24) is 0 Å². The third-order valence-corrected chi connectivity index (χ3v) is 17.8. The molecule has 0 amide bonds. The fraction of sp³-hybridized carbons (Fsp3) is 0.333. The molecule has 0 radical (unpaired) electrons. The highest BCUT2D eigenvalue weighted by atomic mass is 29.2. The van der Waals surface area contributed by atoms with Crippen LogP contribution in [0.25, 0.3) is 0 Å². The average molecular weight is 273 g/mol. The van der Waals surface area contributed by atoms with E-state index < -0.39 is 26.2 Å². The lowest BCUT2D eigenvalue weighted by Gasteiger charge is -2.22. The highest BCUT2D eigenvalue weighted by Crippen LogP contribution is 2.01. The molecule has 1 rings (SSSR count). The fourth-order valence-corrected chi connectivity index (χ4v) is 12.7. The van der Waals surface area contributed by atoms with Gasteiger partial charge in [-0.15, -0.1) is 0 Å². The Hall–Kier alpha value is 0.00753. The lowest BCUT2D eigenvalue weighted by atomic mass is 10.4. The van der Waals surface area contributed by atoms with E-state index in [1.54, 1.807) is 0 Å². The van der Waals surface area contributed by atoms with Gasteiger partial charge in [0, 0.05) is 0 Å². The lowest BCUT2D eigenvalue weighted by Crippen LogP contribution is -2.44. The molecule has 0 aromatic heterocycles. The molecule has 1 atom stereocenters. The first-order valence-electron chi connectivity index (χ1n) is 5.27. The van der Waals surface area contributed by atoms with Crippen molar-refractivity contribution < 1.29 is 8.23 Å². The highest BCUT2D eigenvalue weighted by molar-refractivity contribution is 7.19. The van der Waals surface area contributed by atoms with Crippen LogP contribution in [-0.4, -0.2) is 36.6 Å². The highest BCUT2D eigenvalue weighted by Gasteiger charge is 2.22. The molecule has 0 aliphatic rings. The molecule has 0 spiro atoms. The summed E-state index contributed by atoms with van der Waals surface area (Å²) in [5.74, 6) is 0. The summed E-state index contributed by atoms with van der Waals surface area (Å²) >= 11 is 0. The Bertz CT molecular complexity index is 291. The molecule has 6 heteroatoms. The van der Waals surface area contributed by atoms with E-state index in [4.69, 9.17) is 8.23 Å². The van der Waals surface area contributed by atoms with E-state index in [-0.39, 0.29) is 0 Å². The third kappa shape index (κ3) is 4.58. The standard InChI is InChI=1S/C9H20O2Si4/c1-14(9-7-5-4-6-8-9)11-13-15(2,3)10-12/h4-8,14H,13H2,1-3,12H3. The molecule has 0 bridgehead atoms. The molecule has 0 N–H and O–H groups in total. The molecule has 1 aromatic carbocycles. The van der Waals surface area contributed by atoms with Crippen molar-refractivity contribution in [2.24, 2.45) is 0 Å². The monoisotopic (exact) mass is 272 g/mol. The largest absolute Gasteiger partial charge is 0.464 e. The maximum atomic E-state index is 6.12. The van der Waals surface area contributed by atoms with Crippen molar-refractivity contribution in [3.8, 4) is 0 Å². The summed E-state index contributed by atoms with van der Waals surface area (Å²) in [6.45, 7) is 6.82. The molecule has 1 unspecified atom stereocenters. The van der Waals surface area contributed by atoms with Gasteiger partial charge in [-0.05, 0) is 24.8 Å². The summed E-state index contributed by atoms with van der Waals surface area (Å²) in [7, 11) is -2.08. The minimum Gasteiger partial charge on any atom is -0.464 e. The van der Waals surface area contributed by atoms with E-state index in [0.29, 0.717) is 0 Å². The van der Waals surface area contributed by atoms with E-state index in [0.717, 1.165) is 10.5 Å². The molecule has 0 heterocycles. The van der Waals surface area contributed by atoms with Crippen LogP contribution in [0.15, 0.2) is 30.3 Å². The second kappa shape index (κ2) is 5.92. The summed E-state index contributed by atoms with van der Waals surface area (Å²) in [6, 6.07) is 10.6. The van der Waals surface area contributed by atoms with Crippen LogP contribution in [0.2, 0.25) is 19.6 Å². The fourth-order valence-electron chi connectivity index (χ4n) is 1.20. The second-order valence-corrected chi connectivity index (χ2v) is 19.0. The Morgan fingerprint density at radius 2 is 1.87 bits per heavy atom. The zero-order valence-electron chi connectivity index (χ0n) is 9.99. The molecular weight excluding hydrogens is 252 g/mol. The van der Waals surface area contributed by atoms with Crippen molar-refractivity contribution in [2.75, 3.05) is 0 Å². The smallest absolute Gasteiger partial charge is 0.191 e. The molecule has 0 saturated carbocycles. The quantitative estimate of drug-likeness (QED) is 0.663.